The molecule has 0 aromatic heterocycles. The molecule has 3 heterocycles. The van der Waals surface area contributed by atoms with Crippen LogP contribution in [0, 0.1) is 5.92 Å². The van der Waals surface area contributed by atoms with E-state index in [4.69, 9.17) is 9.47 Å². The molecule has 4 atom stereocenters. The summed E-state index contributed by atoms with van der Waals surface area (Å²) in [4.78, 5) is 26.0. The number of ketones is 1. The highest BCUT2D eigenvalue weighted by Crippen LogP contribution is 2.49. The van der Waals surface area contributed by atoms with Gasteiger partial charge in [0, 0.05) is 16.9 Å². The summed E-state index contributed by atoms with van der Waals surface area (Å²) in [6, 6.07) is 14.8. The first-order valence-electron chi connectivity index (χ1n) is 8.60. The Morgan fingerprint density at radius 3 is 2.65 bits per heavy atom. The van der Waals surface area contributed by atoms with Crippen molar-refractivity contribution in [2.75, 3.05) is 6.61 Å². The smallest absolute Gasteiger partial charge is 0.330 e. The van der Waals surface area contributed by atoms with Crippen molar-refractivity contribution >= 4 is 27.7 Å². The third kappa shape index (κ3) is 2.12. The summed E-state index contributed by atoms with van der Waals surface area (Å²) in [6.07, 6.45) is -0.0931. The van der Waals surface area contributed by atoms with Crippen molar-refractivity contribution in [2.24, 2.45) is 5.92 Å². The number of ether oxygens (including phenoxy) is 2. The van der Waals surface area contributed by atoms with Gasteiger partial charge < -0.3 is 9.47 Å². The summed E-state index contributed by atoms with van der Waals surface area (Å²) in [5.41, 5.74) is 0.540. The summed E-state index contributed by atoms with van der Waals surface area (Å²) in [5, 5.41) is 3.42. The second-order valence-electron chi connectivity index (χ2n) is 6.96. The molecule has 0 bridgehead atoms. The first-order valence-corrected chi connectivity index (χ1v) is 9.40. The molecule has 3 aliphatic heterocycles. The van der Waals surface area contributed by atoms with E-state index in [0.29, 0.717) is 24.3 Å². The number of halogens is 1. The minimum Gasteiger partial charge on any atom is -0.486 e. The minimum atomic E-state index is -0.985. The Morgan fingerprint density at radius 2 is 1.92 bits per heavy atom. The van der Waals surface area contributed by atoms with E-state index in [-0.39, 0.29) is 17.8 Å². The van der Waals surface area contributed by atoms with Crippen LogP contribution in [0.5, 0.6) is 5.75 Å². The van der Waals surface area contributed by atoms with Crippen LogP contribution in [0.4, 0.5) is 0 Å². The lowest BCUT2D eigenvalue weighted by Gasteiger charge is -2.34. The van der Waals surface area contributed by atoms with Gasteiger partial charge in [0.05, 0.1) is 18.1 Å². The van der Waals surface area contributed by atoms with Crippen LogP contribution in [-0.2, 0) is 9.53 Å². The standard InChI is InChI=1S/C20H16BrNO4/c21-12-6-7-13-14(10-12)26-18-15(17(13)23)16(11-4-2-1-3-5-11)22-20(18)8-9-25-19(20)24/h1-7,10,15-16,18,22H,8-9H2/t15-,16+,18+,20+/m1/s1. The summed E-state index contributed by atoms with van der Waals surface area (Å²) < 4.78 is 12.4. The molecule has 0 saturated carbocycles. The van der Waals surface area contributed by atoms with Gasteiger partial charge in [-0.1, -0.05) is 46.3 Å². The predicted molar refractivity (Wildman–Crippen MR) is 97.0 cm³/mol. The van der Waals surface area contributed by atoms with Gasteiger partial charge in [0.1, 0.15) is 11.9 Å². The minimum absolute atomic E-state index is 0.00155. The van der Waals surface area contributed by atoms with Crippen molar-refractivity contribution in [3.63, 3.8) is 0 Å². The van der Waals surface area contributed by atoms with Gasteiger partial charge in [-0.05, 0) is 23.8 Å². The molecule has 0 aliphatic carbocycles. The summed E-state index contributed by atoms with van der Waals surface area (Å²) in [5.74, 6) is -0.296. The molecule has 6 heteroatoms. The van der Waals surface area contributed by atoms with E-state index in [2.05, 4.69) is 21.2 Å². The molecule has 2 fully saturated rings. The molecule has 3 aliphatic rings. The molecule has 132 valence electrons. The highest BCUT2D eigenvalue weighted by molar-refractivity contribution is 9.10. The van der Waals surface area contributed by atoms with Crippen LogP contribution >= 0.6 is 15.9 Å². The van der Waals surface area contributed by atoms with Gasteiger partial charge >= 0.3 is 5.97 Å². The normalized spacial score (nSPS) is 32.1. The van der Waals surface area contributed by atoms with Crippen molar-refractivity contribution in [1.82, 2.24) is 5.32 Å². The maximum absolute atomic E-state index is 13.4. The van der Waals surface area contributed by atoms with Crippen molar-refractivity contribution < 1.29 is 19.1 Å². The fraction of sp³-hybridized carbons (Fsp3) is 0.300. The lowest BCUT2D eigenvalue weighted by molar-refractivity contribution is -0.145. The largest absolute Gasteiger partial charge is 0.486 e. The second kappa shape index (κ2) is 5.66. The monoisotopic (exact) mass is 413 g/mol. The van der Waals surface area contributed by atoms with Crippen molar-refractivity contribution in [3.05, 3.63) is 64.1 Å². The lowest BCUT2D eigenvalue weighted by atomic mass is 9.79. The van der Waals surface area contributed by atoms with Gasteiger partial charge in [-0.25, -0.2) is 4.79 Å². The van der Waals surface area contributed by atoms with E-state index in [0.717, 1.165) is 10.0 Å². The topological polar surface area (TPSA) is 64.6 Å². The molecule has 2 aromatic carbocycles. The van der Waals surface area contributed by atoms with E-state index < -0.39 is 17.6 Å². The number of nitrogens with one attached hydrogen (secondary N) is 1. The zero-order valence-corrected chi connectivity index (χ0v) is 15.4. The van der Waals surface area contributed by atoms with Gasteiger partial charge in [0.25, 0.3) is 0 Å². The molecular weight excluding hydrogens is 398 g/mol. The Hall–Kier alpha value is -2.18. The molecule has 1 N–H and O–H groups in total. The number of carbonyl (C=O) groups is 2. The molecule has 5 nitrogen and oxygen atoms in total. The Balaban J connectivity index is 1.67. The van der Waals surface area contributed by atoms with Gasteiger partial charge in [-0.15, -0.1) is 0 Å². The number of benzene rings is 2. The highest BCUT2D eigenvalue weighted by atomic mass is 79.9. The third-order valence-electron chi connectivity index (χ3n) is 5.60. The fourth-order valence-corrected chi connectivity index (χ4v) is 4.72. The number of rotatable bonds is 1. The fourth-order valence-electron chi connectivity index (χ4n) is 4.38. The molecule has 2 aromatic rings. The Labute approximate surface area is 158 Å². The Morgan fingerprint density at radius 1 is 1.12 bits per heavy atom. The van der Waals surface area contributed by atoms with Crippen LogP contribution in [0.3, 0.4) is 0 Å². The van der Waals surface area contributed by atoms with Crippen LogP contribution in [0.2, 0.25) is 0 Å². The van der Waals surface area contributed by atoms with Crippen molar-refractivity contribution in [3.8, 4) is 5.75 Å². The quantitative estimate of drug-likeness (QED) is 0.727. The Bertz CT molecular complexity index is 915. The molecule has 2 saturated heterocycles. The molecule has 0 amide bonds. The molecule has 1 spiro atoms. The average Bonchev–Trinajstić information content (AvgIpc) is 3.18. The number of fused-ring (bicyclic) bond motifs is 3. The van der Waals surface area contributed by atoms with Crippen molar-refractivity contribution in [2.45, 2.75) is 24.1 Å². The zero-order valence-electron chi connectivity index (χ0n) is 13.8. The van der Waals surface area contributed by atoms with E-state index in [9.17, 15) is 9.59 Å². The highest BCUT2D eigenvalue weighted by Gasteiger charge is 2.65. The maximum Gasteiger partial charge on any atom is 0.330 e. The van der Waals surface area contributed by atoms with Crippen LogP contribution in [0.15, 0.2) is 53.0 Å². The molecule has 5 rings (SSSR count). The van der Waals surface area contributed by atoms with Gasteiger partial charge in [0.15, 0.2) is 11.3 Å². The number of hydrogen-bond acceptors (Lipinski definition) is 5. The number of Topliss-reactive ketones (excluding diaryl/α,β-unsaturated/α-hetero) is 1. The number of carbonyl (C=O) groups excluding carboxylic acids is 2. The van der Waals surface area contributed by atoms with E-state index in [1.807, 2.05) is 36.4 Å². The number of cyclic esters (lactones) is 1. The lowest BCUT2D eigenvalue weighted by Crippen LogP contribution is -2.56. The van der Waals surface area contributed by atoms with Gasteiger partial charge in [-0.2, -0.15) is 0 Å². The van der Waals surface area contributed by atoms with E-state index in [1.165, 1.54) is 0 Å². The summed E-state index contributed by atoms with van der Waals surface area (Å²) in [7, 11) is 0. The second-order valence-corrected chi connectivity index (χ2v) is 7.87. The summed E-state index contributed by atoms with van der Waals surface area (Å²) >= 11 is 3.42. The van der Waals surface area contributed by atoms with Crippen LogP contribution in [-0.4, -0.2) is 30.0 Å². The maximum atomic E-state index is 13.4. The average molecular weight is 414 g/mol. The first-order chi connectivity index (χ1) is 12.6. The molecule has 0 unspecified atom stereocenters. The third-order valence-corrected chi connectivity index (χ3v) is 6.10. The van der Waals surface area contributed by atoms with Gasteiger partial charge in [-0.3, -0.25) is 10.1 Å². The van der Waals surface area contributed by atoms with E-state index in [1.54, 1.807) is 12.1 Å². The molecular formula is C20H16BrNO4. The van der Waals surface area contributed by atoms with Crippen molar-refractivity contribution in [1.29, 1.82) is 0 Å². The van der Waals surface area contributed by atoms with Crippen LogP contribution in [0.1, 0.15) is 28.4 Å². The summed E-state index contributed by atoms with van der Waals surface area (Å²) in [6.45, 7) is 0.333. The predicted octanol–water partition coefficient (Wildman–Crippen LogP) is 3.04. The van der Waals surface area contributed by atoms with Crippen LogP contribution in [0.25, 0.3) is 0 Å². The Kier molecular flexibility index (Phi) is 3.49. The molecule has 26 heavy (non-hydrogen) atoms. The van der Waals surface area contributed by atoms with E-state index >= 15 is 0 Å². The number of esters is 1. The molecule has 0 radical (unpaired) electrons. The zero-order chi connectivity index (χ0) is 17.9. The van der Waals surface area contributed by atoms with Crippen LogP contribution < -0.4 is 10.1 Å². The number of hydrogen-bond donors (Lipinski definition) is 1. The first kappa shape index (κ1) is 16.0. The van der Waals surface area contributed by atoms with Gasteiger partial charge in [0.2, 0.25) is 0 Å². The SMILES string of the molecule is O=C1c2ccc(Br)cc2O[C@H]2[C@@H]1[C@H](c1ccccc1)N[C@@]21CCOC1=O.